The van der Waals surface area contributed by atoms with E-state index in [1.165, 1.54) is 12.1 Å². The van der Waals surface area contributed by atoms with Gasteiger partial charge in [0.05, 0.1) is 11.0 Å². The van der Waals surface area contributed by atoms with Crippen molar-refractivity contribution in [2.45, 2.75) is 13.0 Å². The van der Waals surface area contributed by atoms with Gasteiger partial charge in [0.2, 0.25) is 6.79 Å². The Bertz CT molecular complexity index is 1030. The fourth-order valence-corrected chi connectivity index (χ4v) is 3.15. The smallest absolute Gasteiger partial charge is 0.286 e. The first-order chi connectivity index (χ1) is 13.1. The number of nitro benzene ring substituents is 1. The van der Waals surface area contributed by atoms with Crippen molar-refractivity contribution in [2.24, 2.45) is 0 Å². The van der Waals surface area contributed by atoms with Gasteiger partial charge in [-0.2, -0.15) is 0 Å². The van der Waals surface area contributed by atoms with Gasteiger partial charge in [-0.1, -0.05) is 18.2 Å². The summed E-state index contributed by atoms with van der Waals surface area (Å²) in [7, 11) is 0. The zero-order valence-electron chi connectivity index (χ0n) is 14.4. The van der Waals surface area contributed by atoms with Crippen molar-refractivity contribution >= 4 is 22.5 Å². The predicted molar refractivity (Wildman–Crippen MR) is 98.1 cm³/mol. The number of para-hydroxylation sites is 1. The third kappa shape index (κ3) is 3.29. The SMILES string of the molecule is O=C(NCCCn1ccc2ccccc21)c1cc2c(cc1[N+](=O)[O-])OCO2. The van der Waals surface area contributed by atoms with E-state index in [0.29, 0.717) is 18.7 Å². The van der Waals surface area contributed by atoms with E-state index in [-0.39, 0.29) is 23.8 Å². The first-order valence-electron chi connectivity index (χ1n) is 8.53. The molecule has 1 N–H and O–H groups in total. The van der Waals surface area contributed by atoms with Gasteiger partial charge in [0.25, 0.3) is 11.6 Å². The third-order valence-corrected chi connectivity index (χ3v) is 4.47. The van der Waals surface area contributed by atoms with E-state index < -0.39 is 10.8 Å². The van der Waals surface area contributed by atoms with Crippen molar-refractivity contribution in [1.82, 2.24) is 9.88 Å². The molecule has 0 atom stereocenters. The lowest BCUT2D eigenvalue weighted by atomic mass is 10.1. The van der Waals surface area contributed by atoms with E-state index in [9.17, 15) is 14.9 Å². The summed E-state index contributed by atoms with van der Waals surface area (Å²) in [6.07, 6.45) is 2.71. The normalized spacial score (nSPS) is 12.3. The number of aryl methyl sites for hydroxylation is 1. The largest absolute Gasteiger partial charge is 0.454 e. The molecular weight excluding hydrogens is 350 g/mol. The summed E-state index contributed by atoms with van der Waals surface area (Å²) in [6.45, 7) is 1.12. The zero-order valence-corrected chi connectivity index (χ0v) is 14.4. The number of benzene rings is 2. The van der Waals surface area contributed by atoms with Gasteiger partial charge in [0, 0.05) is 30.9 Å². The summed E-state index contributed by atoms with van der Waals surface area (Å²) in [4.78, 5) is 23.1. The molecule has 0 saturated heterocycles. The Labute approximate surface area is 154 Å². The topological polar surface area (TPSA) is 95.6 Å². The van der Waals surface area contributed by atoms with Crippen LogP contribution in [-0.4, -0.2) is 28.7 Å². The maximum atomic E-state index is 12.4. The number of amides is 1. The molecule has 4 rings (SSSR count). The van der Waals surface area contributed by atoms with Gasteiger partial charge in [-0.3, -0.25) is 14.9 Å². The van der Waals surface area contributed by atoms with Crippen molar-refractivity contribution in [1.29, 1.82) is 0 Å². The average Bonchev–Trinajstić information content (AvgIpc) is 3.30. The summed E-state index contributed by atoms with van der Waals surface area (Å²) >= 11 is 0. The molecule has 1 aromatic heterocycles. The number of ether oxygens (including phenoxy) is 2. The minimum atomic E-state index is -0.594. The predicted octanol–water partition coefficient (Wildman–Crippen LogP) is 3.10. The highest BCUT2D eigenvalue weighted by Gasteiger charge is 2.27. The average molecular weight is 367 g/mol. The van der Waals surface area contributed by atoms with E-state index in [2.05, 4.69) is 9.88 Å². The number of hydrogen-bond donors (Lipinski definition) is 1. The van der Waals surface area contributed by atoms with E-state index in [1.807, 2.05) is 36.5 Å². The van der Waals surface area contributed by atoms with Crippen molar-refractivity contribution in [3.63, 3.8) is 0 Å². The minimum Gasteiger partial charge on any atom is -0.454 e. The lowest BCUT2D eigenvalue weighted by molar-refractivity contribution is -0.385. The fourth-order valence-electron chi connectivity index (χ4n) is 3.15. The number of rotatable bonds is 6. The number of carbonyl (C=O) groups excluding carboxylic acids is 1. The molecular formula is C19H17N3O5. The van der Waals surface area contributed by atoms with Gasteiger partial charge in [-0.05, 0) is 23.9 Å². The molecule has 1 aliphatic rings. The molecule has 0 spiro atoms. The Morgan fingerprint density at radius 1 is 1.19 bits per heavy atom. The van der Waals surface area contributed by atoms with Crippen molar-refractivity contribution in [3.8, 4) is 11.5 Å². The zero-order chi connectivity index (χ0) is 18.8. The summed E-state index contributed by atoms with van der Waals surface area (Å²) in [6, 6.07) is 12.7. The van der Waals surface area contributed by atoms with E-state index in [1.54, 1.807) is 0 Å². The van der Waals surface area contributed by atoms with Gasteiger partial charge in [0.15, 0.2) is 11.5 Å². The molecule has 0 unspecified atom stereocenters. The summed E-state index contributed by atoms with van der Waals surface area (Å²) < 4.78 is 12.5. The lowest BCUT2D eigenvalue weighted by Crippen LogP contribution is -2.26. The number of aromatic nitrogens is 1. The molecule has 0 radical (unpaired) electrons. The van der Waals surface area contributed by atoms with Crippen molar-refractivity contribution in [3.05, 3.63) is 64.3 Å². The van der Waals surface area contributed by atoms with Crippen LogP contribution in [0.5, 0.6) is 11.5 Å². The number of nitrogens with one attached hydrogen (secondary N) is 1. The van der Waals surface area contributed by atoms with Gasteiger partial charge in [-0.25, -0.2) is 0 Å². The molecule has 0 saturated carbocycles. The van der Waals surface area contributed by atoms with Crippen LogP contribution in [0.4, 0.5) is 5.69 Å². The molecule has 0 aliphatic carbocycles. The van der Waals surface area contributed by atoms with E-state index >= 15 is 0 Å². The molecule has 2 heterocycles. The molecule has 2 aromatic carbocycles. The van der Waals surface area contributed by atoms with Crippen LogP contribution in [0.15, 0.2) is 48.7 Å². The highest BCUT2D eigenvalue weighted by atomic mass is 16.7. The molecule has 1 amide bonds. The molecule has 3 aromatic rings. The Morgan fingerprint density at radius 3 is 2.78 bits per heavy atom. The van der Waals surface area contributed by atoms with Crippen LogP contribution in [-0.2, 0) is 6.54 Å². The highest BCUT2D eigenvalue weighted by Crippen LogP contribution is 2.37. The number of nitrogens with zero attached hydrogens (tertiary/aromatic N) is 2. The molecule has 27 heavy (non-hydrogen) atoms. The van der Waals surface area contributed by atoms with Crippen LogP contribution >= 0.6 is 0 Å². The van der Waals surface area contributed by atoms with Crippen molar-refractivity contribution in [2.75, 3.05) is 13.3 Å². The second-order valence-electron chi connectivity index (χ2n) is 6.16. The molecule has 0 fully saturated rings. The van der Waals surface area contributed by atoms with Crippen LogP contribution in [0, 0.1) is 10.1 Å². The maximum Gasteiger partial charge on any atom is 0.286 e. The molecule has 138 valence electrons. The van der Waals surface area contributed by atoms with Crippen LogP contribution in [0.25, 0.3) is 10.9 Å². The van der Waals surface area contributed by atoms with Crippen LogP contribution < -0.4 is 14.8 Å². The summed E-state index contributed by atoms with van der Waals surface area (Å²) in [5, 5.41) is 15.2. The van der Waals surface area contributed by atoms with Gasteiger partial charge < -0.3 is 19.4 Å². The summed E-state index contributed by atoms with van der Waals surface area (Å²) in [5.74, 6) is 0.111. The Morgan fingerprint density at radius 2 is 1.96 bits per heavy atom. The van der Waals surface area contributed by atoms with Crippen LogP contribution in [0.1, 0.15) is 16.8 Å². The van der Waals surface area contributed by atoms with Gasteiger partial charge >= 0.3 is 0 Å². The fraction of sp³-hybridized carbons (Fsp3) is 0.211. The maximum absolute atomic E-state index is 12.4. The molecule has 1 aliphatic heterocycles. The standard InChI is InChI=1S/C19H17N3O5/c23-19(14-10-17-18(27-12-26-17)11-16(14)22(24)25)20-7-3-8-21-9-6-13-4-1-2-5-15(13)21/h1-2,4-6,9-11H,3,7-8,12H2,(H,20,23). The first kappa shape index (κ1) is 16.9. The number of carbonyl (C=O) groups is 1. The minimum absolute atomic E-state index is 0.0115. The Hall–Kier alpha value is -3.55. The number of fused-ring (bicyclic) bond motifs is 2. The Balaban J connectivity index is 1.40. The molecule has 8 heteroatoms. The lowest BCUT2D eigenvalue weighted by Gasteiger charge is -2.08. The first-order valence-corrected chi connectivity index (χ1v) is 8.53. The highest BCUT2D eigenvalue weighted by molar-refractivity contribution is 5.99. The van der Waals surface area contributed by atoms with Gasteiger partial charge in [0.1, 0.15) is 5.56 Å². The summed E-state index contributed by atoms with van der Waals surface area (Å²) in [5.41, 5.74) is 0.805. The number of hydrogen-bond acceptors (Lipinski definition) is 5. The second kappa shape index (κ2) is 6.99. The monoisotopic (exact) mass is 367 g/mol. The third-order valence-electron chi connectivity index (χ3n) is 4.47. The van der Waals surface area contributed by atoms with Crippen LogP contribution in [0.3, 0.4) is 0 Å². The number of nitro groups is 1. The molecule has 8 nitrogen and oxygen atoms in total. The van der Waals surface area contributed by atoms with Gasteiger partial charge in [-0.15, -0.1) is 0 Å². The van der Waals surface area contributed by atoms with E-state index in [4.69, 9.17) is 9.47 Å². The second-order valence-corrected chi connectivity index (χ2v) is 6.16. The van der Waals surface area contributed by atoms with Crippen molar-refractivity contribution < 1.29 is 19.2 Å². The van der Waals surface area contributed by atoms with Crippen LogP contribution in [0.2, 0.25) is 0 Å². The quantitative estimate of drug-likeness (QED) is 0.410. The Kier molecular flexibility index (Phi) is 4.37. The van der Waals surface area contributed by atoms with E-state index in [0.717, 1.165) is 17.4 Å². The molecule has 0 bridgehead atoms.